The molecular weight excluding hydrogens is 202 g/mol. The lowest BCUT2D eigenvalue weighted by Gasteiger charge is -2.40. The van der Waals surface area contributed by atoms with Gasteiger partial charge in [0.2, 0.25) is 0 Å². The highest BCUT2D eigenvalue weighted by atomic mass is 16.3. The van der Waals surface area contributed by atoms with Crippen LogP contribution < -0.4 is 5.32 Å². The summed E-state index contributed by atoms with van der Waals surface area (Å²) in [5, 5.41) is 22.6. The molecule has 3 heteroatoms. The Morgan fingerprint density at radius 1 is 1.25 bits per heavy atom. The minimum absolute atomic E-state index is 0.0460. The van der Waals surface area contributed by atoms with Gasteiger partial charge in [0.25, 0.3) is 0 Å². The zero-order valence-corrected chi connectivity index (χ0v) is 10.9. The van der Waals surface area contributed by atoms with Crippen molar-refractivity contribution in [2.45, 2.75) is 64.5 Å². The summed E-state index contributed by atoms with van der Waals surface area (Å²) in [6, 6.07) is 0. The minimum atomic E-state index is -0.383. The van der Waals surface area contributed by atoms with Gasteiger partial charge >= 0.3 is 0 Å². The molecule has 3 N–H and O–H groups in total. The number of aliphatic hydroxyl groups excluding tert-OH is 2. The van der Waals surface area contributed by atoms with Crippen molar-refractivity contribution in [2.24, 2.45) is 5.41 Å². The van der Waals surface area contributed by atoms with Gasteiger partial charge in [-0.3, -0.25) is 0 Å². The van der Waals surface area contributed by atoms with Crippen LogP contribution in [0.2, 0.25) is 0 Å². The van der Waals surface area contributed by atoms with Gasteiger partial charge in [-0.15, -0.1) is 0 Å². The van der Waals surface area contributed by atoms with Crippen LogP contribution >= 0.6 is 0 Å². The van der Waals surface area contributed by atoms with E-state index in [0.717, 1.165) is 19.4 Å². The molecule has 0 bridgehead atoms. The Kier molecular flexibility index (Phi) is 4.77. The van der Waals surface area contributed by atoms with Crippen LogP contribution in [0.1, 0.15) is 52.9 Å². The van der Waals surface area contributed by atoms with E-state index in [9.17, 15) is 10.2 Å². The van der Waals surface area contributed by atoms with Crippen molar-refractivity contribution < 1.29 is 10.2 Å². The summed E-state index contributed by atoms with van der Waals surface area (Å²) >= 11 is 0. The van der Waals surface area contributed by atoms with Gasteiger partial charge in [0.1, 0.15) is 0 Å². The van der Waals surface area contributed by atoms with Crippen molar-refractivity contribution in [1.82, 2.24) is 5.32 Å². The highest BCUT2D eigenvalue weighted by Crippen LogP contribution is 2.35. The average molecular weight is 229 g/mol. The Morgan fingerprint density at radius 3 is 2.25 bits per heavy atom. The molecule has 0 heterocycles. The Bertz CT molecular complexity index is 208. The molecule has 1 atom stereocenters. The Balaban J connectivity index is 2.50. The number of nitrogens with one attached hydrogen (secondary N) is 1. The fourth-order valence-corrected chi connectivity index (χ4v) is 2.26. The van der Waals surface area contributed by atoms with E-state index in [1.54, 1.807) is 6.92 Å². The molecule has 0 aromatic heterocycles. The van der Waals surface area contributed by atoms with Crippen LogP contribution in [-0.2, 0) is 0 Å². The molecule has 0 amide bonds. The second-order valence-electron chi connectivity index (χ2n) is 5.97. The zero-order valence-electron chi connectivity index (χ0n) is 10.9. The maximum atomic E-state index is 9.64. The molecule has 16 heavy (non-hydrogen) atoms. The standard InChI is InChI=1S/C13H27NO2/c1-11(16)12(2,3)14-9-13(10-15)7-5-4-6-8-13/h11,14-16H,4-10H2,1-3H3. The van der Waals surface area contributed by atoms with Crippen LogP contribution in [0.15, 0.2) is 0 Å². The summed E-state index contributed by atoms with van der Waals surface area (Å²) in [5.41, 5.74) is -0.232. The third kappa shape index (κ3) is 3.44. The summed E-state index contributed by atoms with van der Waals surface area (Å²) < 4.78 is 0. The number of rotatable bonds is 5. The Labute approximate surface area is 99.3 Å². The molecule has 0 spiro atoms. The van der Waals surface area contributed by atoms with E-state index in [2.05, 4.69) is 5.32 Å². The van der Waals surface area contributed by atoms with Gasteiger partial charge in [0.05, 0.1) is 6.10 Å². The summed E-state index contributed by atoms with van der Waals surface area (Å²) in [7, 11) is 0. The SMILES string of the molecule is CC(O)C(C)(C)NCC1(CO)CCCCC1. The molecule has 1 unspecified atom stereocenters. The van der Waals surface area contributed by atoms with Gasteiger partial charge in [-0.25, -0.2) is 0 Å². The molecule has 0 aromatic carbocycles. The van der Waals surface area contributed by atoms with Crippen molar-refractivity contribution >= 4 is 0 Å². The molecular formula is C13H27NO2. The van der Waals surface area contributed by atoms with Gasteiger partial charge in [-0.05, 0) is 33.6 Å². The second-order valence-corrected chi connectivity index (χ2v) is 5.97. The topological polar surface area (TPSA) is 52.5 Å². The maximum absolute atomic E-state index is 9.64. The van der Waals surface area contributed by atoms with Crippen molar-refractivity contribution in [1.29, 1.82) is 0 Å². The average Bonchev–Trinajstić information content (AvgIpc) is 2.28. The van der Waals surface area contributed by atoms with Gasteiger partial charge < -0.3 is 15.5 Å². The number of hydrogen-bond acceptors (Lipinski definition) is 3. The summed E-state index contributed by atoms with van der Waals surface area (Å²) in [6.45, 7) is 6.88. The van der Waals surface area contributed by atoms with Crippen molar-refractivity contribution in [3.05, 3.63) is 0 Å². The first kappa shape index (κ1) is 13.9. The molecule has 0 aliphatic heterocycles. The molecule has 0 aromatic rings. The van der Waals surface area contributed by atoms with E-state index in [0.29, 0.717) is 0 Å². The van der Waals surface area contributed by atoms with Crippen LogP contribution in [0, 0.1) is 5.41 Å². The summed E-state index contributed by atoms with van der Waals surface area (Å²) in [4.78, 5) is 0. The first-order valence-electron chi connectivity index (χ1n) is 6.46. The van der Waals surface area contributed by atoms with Gasteiger partial charge in [-0.2, -0.15) is 0 Å². The number of hydrogen-bond donors (Lipinski definition) is 3. The smallest absolute Gasteiger partial charge is 0.0688 e. The maximum Gasteiger partial charge on any atom is 0.0688 e. The first-order valence-corrected chi connectivity index (χ1v) is 6.46. The molecule has 1 saturated carbocycles. The molecule has 1 aliphatic carbocycles. The van der Waals surface area contributed by atoms with E-state index in [4.69, 9.17) is 0 Å². The van der Waals surface area contributed by atoms with Crippen molar-refractivity contribution in [2.75, 3.05) is 13.2 Å². The molecule has 1 fully saturated rings. The second kappa shape index (κ2) is 5.48. The van der Waals surface area contributed by atoms with E-state index in [-0.39, 0.29) is 23.7 Å². The highest BCUT2D eigenvalue weighted by Gasteiger charge is 2.34. The fraction of sp³-hybridized carbons (Fsp3) is 1.00. The monoisotopic (exact) mass is 229 g/mol. The summed E-state index contributed by atoms with van der Waals surface area (Å²) in [6.07, 6.45) is 5.56. The van der Waals surface area contributed by atoms with Crippen LogP contribution in [-0.4, -0.2) is 35.0 Å². The van der Waals surface area contributed by atoms with Gasteiger partial charge in [0.15, 0.2) is 0 Å². The third-order valence-corrected chi connectivity index (χ3v) is 4.21. The van der Waals surface area contributed by atoms with Crippen LogP contribution in [0.3, 0.4) is 0 Å². The van der Waals surface area contributed by atoms with Crippen LogP contribution in [0.5, 0.6) is 0 Å². The quantitative estimate of drug-likeness (QED) is 0.672. The molecule has 96 valence electrons. The normalized spacial score (nSPS) is 23.1. The van der Waals surface area contributed by atoms with E-state index >= 15 is 0 Å². The predicted molar refractivity (Wildman–Crippen MR) is 66.4 cm³/mol. The van der Waals surface area contributed by atoms with E-state index in [1.807, 2.05) is 13.8 Å². The lowest BCUT2D eigenvalue weighted by atomic mass is 9.74. The Morgan fingerprint density at radius 2 is 1.81 bits per heavy atom. The van der Waals surface area contributed by atoms with Crippen LogP contribution in [0.4, 0.5) is 0 Å². The minimum Gasteiger partial charge on any atom is -0.396 e. The third-order valence-electron chi connectivity index (χ3n) is 4.21. The Hall–Kier alpha value is -0.120. The van der Waals surface area contributed by atoms with Gasteiger partial charge in [0, 0.05) is 24.1 Å². The number of aliphatic hydroxyl groups is 2. The predicted octanol–water partition coefficient (Wildman–Crippen LogP) is 1.68. The molecule has 0 saturated heterocycles. The lowest BCUT2D eigenvalue weighted by Crippen LogP contribution is -2.53. The van der Waals surface area contributed by atoms with Crippen molar-refractivity contribution in [3.8, 4) is 0 Å². The van der Waals surface area contributed by atoms with Crippen LogP contribution in [0.25, 0.3) is 0 Å². The fourth-order valence-electron chi connectivity index (χ4n) is 2.26. The molecule has 1 aliphatic rings. The summed E-state index contributed by atoms with van der Waals surface area (Å²) in [5.74, 6) is 0. The van der Waals surface area contributed by atoms with Gasteiger partial charge in [-0.1, -0.05) is 19.3 Å². The molecule has 0 radical (unpaired) electrons. The zero-order chi connectivity index (χ0) is 12.2. The molecule has 3 nitrogen and oxygen atoms in total. The first-order chi connectivity index (χ1) is 7.42. The van der Waals surface area contributed by atoms with E-state index < -0.39 is 0 Å². The van der Waals surface area contributed by atoms with Crippen molar-refractivity contribution in [3.63, 3.8) is 0 Å². The lowest BCUT2D eigenvalue weighted by molar-refractivity contribution is 0.0477. The highest BCUT2D eigenvalue weighted by molar-refractivity contribution is 4.90. The van der Waals surface area contributed by atoms with E-state index in [1.165, 1.54) is 19.3 Å². The largest absolute Gasteiger partial charge is 0.396 e. The molecule has 1 rings (SSSR count).